The van der Waals surface area contributed by atoms with Crippen molar-refractivity contribution in [1.29, 1.82) is 0 Å². The monoisotopic (exact) mass is 374 g/mol. The van der Waals surface area contributed by atoms with E-state index in [0.29, 0.717) is 24.2 Å². The van der Waals surface area contributed by atoms with Gasteiger partial charge in [0.25, 0.3) is 11.2 Å². The molecule has 4 aromatic rings. The predicted octanol–water partition coefficient (Wildman–Crippen LogP) is 2.48. The Morgan fingerprint density at radius 3 is 2.32 bits per heavy atom. The molecule has 0 bridgehead atoms. The van der Waals surface area contributed by atoms with E-state index in [1.165, 1.54) is 4.57 Å². The van der Waals surface area contributed by atoms with Crippen LogP contribution < -0.4 is 16.2 Å². The highest BCUT2D eigenvalue weighted by molar-refractivity contribution is 5.90. The van der Waals surface area contributed by atoms with E-state index in [2.05, 4.69) is 22.1 Å². The van der Waals surface area contributed by atoms with Gasteiger partial charge >= 0.3 is 5.69 Å². The number of hydrogen-bond donors (Lipinski definition) is 1. The van der Waals surface area contributed by atoms with Gasteiger partial charge in [-0.3, -0.25) is 9.78 Å². The van der Waals surface area contributed by atoms with Gasteiger partial charge in [-0.25, -0.2) is 9.78 Å². The molecule has 0 aliphatic rings. The molecule has 6 nitrogen and oxygen atoms in total. The summed E-state index contributed by atoms with van der Waals surface area (Å²) in [5.41, 5.74) is 3.51. The maximum Gasteiger partial charge on any atom is 0.415 e. The number of pyridine rings is 1. The first-order valence-corrected chi connectivity index (χ1v) is 9.01. The third-order valence-electron chi connectivity index (χ3n) is 4.76. The summed E-state index contributed by atoms with van der Waals surface area (Å²) < 4.78 is 6.57. The molecule has 0 atom stereocenters. The lowest BCUT2D eigenvalue weighted by atomic mass is 9.99. The van der Waals surface area contributed by atoms with E-state index in [-0.39, 0.29) is 0 Å². The van der Waals surface area contributed by atoms with Crippen molar-refractivity contribution in [2.24, 2.45) is 0 Å². The van der Waals surface area contributed by atoms with Crippen LogP contribution >= 0.6 is 0 Å². The van der Waals surface area contributed by atoms with Crippen LogP contribution in [0.15, 0.2) is 76.4 Å². The molecule has 2 heterocycles. The molecular weight excluding hydrogens is 354 g/mol. The van der Waals surface area contributed by atoms with E-state index in [4.69, 9.17) is 4.74 Å². The van der Waals surface area contributed by atoms with Crippen molar-refractivity contribution in [1.82, 2.24) is 9.55 Å². The molecule has 2 aromatic heterocycles. The predicted molar refractivity (Wildman–Crippen MR) is 108 cm³/mol. The first-order chi connectivity index (χ1) is 13.7. The maximum atomic E-state index is 12.6. The first kappa shape index (κ1) is 17.9. The van der Waals surface area contributed by atoms with Crippen molar-refractivity contribution in [3.05, 3.63) is 87.7 Å². The van der Waals surface area contributed by atoms with Crippen LogP contribution in [-0.4, -0.2) is 23.3 Å². The summed E-state index contributed by atoms with van der Waals surface area (Å²) in [6.07, 6.45) is 1.74. The molecule has 0 aliphatic carbocycles. The number of methoxy groups -OCH3 is 1. The van der Waals surface area contributed by atoms with E-state index >= 15 is 0 Å². The highest BCUT2D eigenvalue weighted by Crippen LogP contribution is 2.27. The van der Waals surface area contributed by atoms with Crippen LogP contribution in [0.3, 0.4) is 0 Å². The van der Waals surface area contributed by atoms with E-state index in [1.54, 1.807) is 13.3 Å². The Morgan fingerprint density at radius 1 is 0.929 bits per heavy atom. The number of ether oxygens (including phenoxy) is 1. The van der Waals surface area contributed by atoms with Gasteiger partial charge in [-0.15, -0.1) is 0 Å². The number of H-pyrrole nitrogens is 2. The van der Waals surface area contributed by atoms with Gasteiger partial charge in [0.05, 0.1) is 12.8 Å². The third kappa shape index (κ3) is 3.25. The number of aromatic amines is 2. The van der Waals surface area contributed by atoms with Crippen LogP contribution in [0.2, 0.25) is 0 Å². The molecule has 6 heteroatoms. The van der Waals surface area contributed by atoms with Gasteiger partial charge in [0.1, 0.15) is 11.9 Å². The molecule has 2 N–H and O–H groups in total. The molecule has 0 unspecified atom stereocenters. The minimum Gasteiger partial charge on any atom is -0.381 e. The van der Waals surface area contributed by atoms with Gasteiger partial charge < -0.3 is 4.74 Å². The number of benzene rings is 2. The Hall–Kier alpha value is -3.51. The molecule has 0 aliphatic heterocycles. The number of hydrogen-bond acceptors (Lipinski definition) is 3. The van der Waals surface area contributed by atoms with Gasteiger partial charge in [0, 0.05) is 12.7 Å². The van der Waals surface area contributed by atoms with Crippen LogP contribution in [0.1, 0.15) is 0 Å². The van der Waals surface area contributed by atoms with Crippen molar-refractivity contribution in [3.8, 4) is 22.3 Å². The molecule has 0 radical (unpaired) electrons. The van der Waals surface area contributed by atoms with Gasteiger partial charge in [-0.05, 0) is 22.8 Å². The second-order valence-electron chi connectivity index (χ2n) is 6.46. The van der Waals surface area contributed by atoms with E-state index in [0.717, 1.165) is 22.3 Å². The minimum absolute atomic E-state index is 0.343. The molecule has 0 saturated carbocycles. The first-order valence-electron chi connectivity index (χ1n) is 9.01. The zero-order chi connectivity index (χ0) is 19.5. The Labute approximate surface area is 161 Å². The highest BCUT2D eigenvalue weighted by Gasteiger charge is 2.19. The van der Waals surface area contributed by atoms with Crippen molar-refractivity contribution in [2.75, 3.05) is 13.7 Å². The normalized spacial score (nSPS) is 11.0. The zero-order valence-electron chi connectivity index (χ0n) is 15.4. The number of nitrogens with one attached hydrogen (secondary N) is 2. The second kappa shape index (κ2) is 7.62. The minimum atomic E-state index is -0.456. The fraction of sp³-hybridized carbons (Fsp3) is 0.136. The molecule has 2 aromatic carbocycles. The lowest BCUT2D eigenvalue weighted by Crippen LogP contribution is -2.34. The summed E-state index contributed by atoms with van der Waals surface area (Å²) in [6.45, 7) is 0.709. The number of nitrogens with zero attached hydrogens (tertiary/aromatic N) is 1. The van der Waals surface area contributed by atoms with E-state index in [9.17, 15) is 9.59 Å². The maximum absolute atomic E-state index is 12.6. The fourth-order valence-electron chi connectivity index (χ4n) is 3.37. The Balaban J connectivity index is 1.85. The third-order valence-corrected chi connectivity index (χ3v) is 4.76. The van der Waals surface area contributed by atoms with E-state index in [1.807, 2.05) is 48.5 Å². The lowest BCUT2D eigenvalue weighted by molar-refractivity contribution is -0.349. The van der Waals surface area contributed by atoms with Gasteiger partial charge in [0.15, 0.2) is 0 Å². The van der Waals surface area contributed by atoms with Gasteiger partial charge in [-0.1, -0.05) is 54.6 Å². The van der Waals surface area contributed by atoms with Gasteiger partial charge in [-0.2, -0.15) is 4.57 Å². The summed E-state index contributed by atoms with van der Waals surface area (Å²) in [5.74, 6) is 0. The van der Waals surface area contributed by atoms with Crippen molar-refractivity contribution in [3.63, 3.8) is 0 Å². The van der Waals surface area contributed by atoms with Crippen LogP contribution in [0.4, 0.5) is 0 Å². The smallest absolute Gasteiger partial charge is 0.381 e. The molecule has 28 heavy (non-hydrogen) atoms. The fourth-order valence-corrected chi connectivity index (χ4v) is 3.37. The Morgan fingerprint density at radius 2 is 1.61 bits per heavy atom. The van der Waals surface area contributed by atoms with Crippen molar-refractivity contribution >= 4 is 11.0 Å². The molecule has 0 amide bonds. The van der Waals surface area contributed by atoms with Crippen LogP contribution in [-0.2, 0) is 11.3 Å². The summed E-state index contributed by atoms with van der Waals surface area (Å²) >= 11 is 0. The second-order valence-corrected chi connectivity index (χ2v) is 6.46. The van der Waals surface area contributed by atoms with Crippen LogP contribution in [0, 0.1) is 0 Å². The molecule has 0 fully saturated rings. The Bertz CT molecular complexity index is 1230. The SMILES string of the molecule is COCCn1c(=O)[nH]c(=O)c2c(-c3ccc(-c4ccccc4)cc3)cc[nH+]c21. The average molecular weight is 374 g/mol. The highest BCUT2D eigenvalue weighted by atomic mass is 16.5. The van der Waals surface area contributed by atoms with Crippen molar-refractivity contribution in [2.45, 2.75) is 6.54 Å². The molecular formula is C22H20N3O3+. The van der Waals surface area contributed by atoms with E-state index < -0.39 is 11.2 Å². The van der Waals surface area contributed by atoms with Crippen LogP contribution in [0.25, 0.3) is 33.3 Å². The van der Waals surface area contributed by atoms with Gasteiger partial charge in [0.2, 0.25) is 0 Å². The largest absolute Gasteiger partial charge is 0.415 e. The Kier molecular flexibility index (Phi) is 4.87. The summed E-state index contributed by atoms with van der Waals surface area (Å²) in [7, 11) is 1.57. The number of fused-ring (bicyclic) bond motifs is 1. The summed E-state index contributed by atoms with van der Waals surface area (Å²) in [5, 5.41) is 0.450. The standard InChI is InChI=1S/C22H19N3O3/c1-28-14-13-25-20-19(21(26)24-22(25)27)18(11-12-23-20)17-9-7-16(8-10-17)15-5-3-2-4-6-15/h2-12H,13-14H2,1H3,(H,24,26,27)/p+1. The quantitative estimate of drug-likeness (QED) is 0.583. The molecule has 4 rings (SSSR count). The summed E-state index contributed by atoms with van der Waals surface area (Å²) in [6, 6.07) is 20.0. The molecule has 140 valence electrons. The lowest BCUT2D eigenvalue weighted by Gasteiger charge is -2.07. The van der Waals surface area contributed by atoms with Crippen LogP contribution in [0.5, 0.6) is 0 Å². The van der Waals surface area contributed by atoms with Crippen molar-refractivity contribution < 1.29 is 9.72 Å². The summed E-state index contributed by atoms with van der Waals surface area (Å²) in [4.78, 5) is 30.3. The topological polar surface area (TPSA) is 78.2 Å². The number of rotatable bonds is 5. The zero-order valence-corrected chi connectivity index (χ0v) is 15.4. The number of aromatic nitrogens is 3. The molecule has 0 saturated heterocycles. The average Bonchev–Trinajstić information content (AvgIpc) is 2.74. The molecule has 0 spiro atoms.